The van der Waals surface area contributed by atoms with Crippen molar-refractivity contribution in [3.63, 3.8) is 0 Å². The number of aliphatic hydroxyl groups excluding tert-OH is 4. The molecule has 0 aliphatic carbocycles. The van der Waals surface area contributed by atoms with Crippen molar-refractivity contribution >= 4 is 38.4 Å². The molecule has 9 heteroatoms. The first kappa shape index (κ1) is 17.0. The molecule has 1 aliphatic heterocycles. The molecule has 2 aromatic rings. The van der Waals surface area contributed by atoms with Gasteiger partial charge in [-0.1, -0.05) is 11.6 Å². The van der Waals surface area contributed by atoms with Crippen LogP contribution in [0.2, 0.25) is 5.02 Å². The Bertz CT molecular complexity index is 708. The van der Waals surface area contributed by atoms with E-state index in [1.165, 1.54) is 0 Å². The number of hydrogen-bond donors (Lipinski definition) is 5. The summed E-state index contributed by atoms with van der Waals surface area (Å²) < 4.78 is 11.6. The molecular formula is C14H15BrClNO6. The number of fused-ring (bicyclic) bond motifs is 1. The van der Waals surface area contributed by atoms with Crippen LogP contribution in [0.5, 0.6) is 5.75 Å². The average Bonchev–Trinajstić information content (AvgIpc) is 2.90. The summed E-state index contributed by atoms with van der Waals surface area (Å²) in [6, 6.07) is 3.45. The Morgan fingerprint density at radius 1 is 1.22 bits per heavy atom. The molecule has 1 fully saturated rings. The zero-order chi connectivity index (χ0) is 16.7. The molecule has 1 aromatic heterocycles. The van der Waals surface area contributed by atoms with Gasteiger partial charge in [0.15, 0.2) is 0 Å². The van der Waals surface area contributed by atoms with Crippen LogP contribution in [0.3, 0.4) is 0 Å². The van der Waals surface area contributed by atoms with Crippen LogP contribution in [0.4, 0.5) is 0 Å². The molecule has 0 radical (unpaired) electrons. The van der Waals surface area contributed by atoms with Gasteiger partial charge in [0.05, 0.1) is 17.1 Å². The molecule has 0 amide bonds. The van der Waals surface area contributed by atoms with Gasteiger partial charge < -0.3 is 34.9 Å². The first-order valence-corrected chi connectivity index (χ1v) is 8.02. The summed E-state index contributed by atoms with van der Waals surface area (Å²) in [5, 5.41) is 40.0. The lowest BCUT2D eigenvalue weighted by molar-refractivity contribution is -0.277. The fourth-order valence-electron chi connectivity index (χ4n) is 2.48. The van der Waals surface area contributed by atoms with Crippen molar-refractivity contribution in [1.82, 2.24) is 4.98 Å². The molecule has 1 aromatic carbocycles. The second kappa shape index (κ2) is 6.56. The Hall–Kier alpha value is -0.870. The van der Waals surface area contributed by atoms with Gasteiger partial charge in [0.2, 0.25) is 6.29 Å². The van der Waals surface area contributed by atoms with Crippen LogP contribution in [0.15, 0.2) is 22.8 Å². The minimum atomic E-state index is -1.49. The molecule has 126 valence electrons. The standard InChI is InChI=1S/C14H15BrClNO6/c15-6-1-5-8(2-7(6)16)17-3-9(5)22-14-13(21)12(20)11(19)10(4-18)23-14/h1-3,10-14,17-21H,4H2/t10-,11-,12+,13-,14?/m1/s1. The van der Waals surface area contributed by atoms with Gasteiger partial charge in [0.1, 0.15) is 30.2 Å². The van der Waals surface area contributed by atoms with Crippen LogP contribution in [-0.4, -0.2) is 62.7 Å². The van der Waals surface area contributed by atoms with E-state index in [2.05, 4.69) is 20.9 Å². The third-order valence-corrected chi connectivity index (χ3v) is 4.97. The molecule has 5 N–H and O–H groups in total. The van der Waals surface area contributed by atoms with Crippen LogP contribution in [0.25, 0.3) is 10.9 Å². The van der Waals surface area contributed by atoms with E-state index in [1.54, 1.807) is 18.3 Å². The van der Waals surface area contributed by atoms with Crippen molar-refractivity contribution < 1.29 is 29.9 Å². The van der Waals surface area contributed by atoms with E-state index in [-0.39, 0.29) is 0 Å². The molecule has 1 aliphatic rings. The van der Waals surface area contributed by atoms with Gasteiger partial charge in [0, 0.05) is 16.1 Å². The highest BCUT2D eigenvalue weighted by Crippen LogP contribution is 2.34. The van der Waals surface area contributed by atoms with E-state index in [0.717, 1.165) is 5.52 Å². The van der Waals surface area contributed by atoms with Crippen molar-refractivity contribution in [2.75, 3.05) is 6.61 Å². The summed E-state index contributed by atoms with van der Waals surface area (Å²) in [6.07, 6.45) is -5.07. The fraction of sp³-hybridized carbons (Fsp3) is 0.429. The van der Waals surface area contributed by atoms with E-state index in [4.69, 9.17) is 21.1 Å². The normalized spacial score (nSPS) is 31.5. The zero-order valence-corrected chi connectivity index (χ0v) is 14.0. The molecule has 1 unspecified atom stereocenters. The Kier molecular flexibility index (Phi) is 4.84. The number of aliphatic hydroxyl groups is 4. The highest BCUT2D eigenvalue weighted by Gasteiger charge is 2.44. The van der Waals surface area contributed by atoms with Crippen LogP contribution < -0.4 is 4.74 Å². The molecular weight excluding hydrogens is 394 g/mol. The van der Waals surface area contributed by atoms with Gasteiger partial charge in [-0.05, 0) is 28.1 Å². The topological polar surface area (TPSA) is 115 Å². The predicted octanol–water partition coefficient (Wildman–Crippen LogP) is 0.762. The third kappa shape index (κ3) is 3.08. The quantitative estimate of drug-likeness (QED) is 0.512. The molecule has 7 nitrogen and oxygen atoms in total. The third-order valence-electron chi connectivity index (χ3n) is 3.78. The summed E-state index contributed by atoms with van der Waals surface area (Å²) >= 11 is 9.35. The van der Waals surface area contributed by atoms with Crippen molar-refractivity contribution in [2.45, 2.75) is 30.7 Å². The highest BCUT2D eigenvalue weighted by atomic mass is 79.9. The van der Waals surface area contributed by atoms with Gasteiger partial charge in [-0.15, -0.1) is 0 Å². The second-order valence-electron chi connectivity index (χ2n) is 5.28. The molecule has 2 heterocycles. The van der Waals surface area contributed by atoms with E-state index in [1.807, 2.05) is 0 Å². The first-order valence-electron chi connectivity index (χ1n) is 6.85. The summed E-state index contributed by atoms with van der Waals surface area (Å²) in [5.74, 6) is 0.377. The number of rotatable bonds is 3. The minimum absolute atomic E-state index is 0.377. The molecule has 0 spiro atoms. The van der Waals surface area contributed by atoms with Crippen molar-refractivity contribution in [1.29, 1.82) is 0 Å². The number of halogens is 2. The van der Waals surface area contributed by atoms with Gasteiger partial charge in [0.25, 0.3) is 0 Å². The lowest BCUT2D eigenvalue weighted by atomic mass is 9.99. The SMILES string of the molecule is OC[C@H]1OC(Oc2c[nH]c3cc(Cl)c(Br)cc23)[C@H](O)[C@@H](O)[C@@H]1O. The first-order chi connectivity index (χ1) is 10.9. The monoisotopic (exact) mass is 407 g/mol. The molecule has 0 bridgehead atoms. The van der Waals surface area contributed by atoms with E-state index >= 15 is 0 Å². The Labute approximate surface area is 144 Å². The van der Waals surface area contributed by atoms with Crippen LogP contribution in [0, 0.1) is 0 Å². The Morgan fingerprint density at radius 3 is 2.65 bits per heavy atom. The minimum Gasteiger partial charge on any atom is -0.460 e. The predicted molar refractivity (Wildman–Crippen MR) is 85.4 cm³/mol. The number of H-pyrrole nitrogens is 1. The average molecular weight is 409 g/mol. The van der Waals surface area contributed by atoms with E-state index in [9.17, 15) is 20.4 Å². The van der Waals surface area contributed by atoms with E-state index < -0.39 is 37.3 Å². The largest absolute Gasteiger partial charge is 0.460 e. The highest BCUT2D eigenvalue weighted by molar-refractivity contribution is 9.10. The number of aromatic amines is 1. The maximum atomic E-state index is 10.0. The van der Waals surface area contributed by atoms with Crippen LogP contribution in [-0.2, 0) is 4.74 Å². The molecule has 5 atom stereocenters. The number of aromatic nitrogens is 1. The number of nitrogens with one attached hydrogen (secondary N) is 1. The van der Waals surface area contributed by atoms with Gasteiger partial charge >= 0.3 is 0 Å². The summed E-state index contributed by atoms with van der Waals surface area (Å²) in [5.41, 5.74) is 0.720. The van der Waals surface area contributed by atoms with Gasteiger partial charge in [-0.3, -0.25) is 0 Å². The lowest BCUT2D eigenvalue weighted by Crippen LogP contribution is -2.60. The van der Waals surface area contributed by atoms with Gasteiger partial charge in [-0.25, -0.2) is 0 Å². The summed E-state index contributed by atoms with van der Waals surface area (Å²) in [7, 11) is 0. The lowest BCUT2D eigenvalue weighted by Gasteiger charge is -2.39. The molecule has 3 rings (SSSR count). The number of benzene rings is 1. The maximum Gasteiger partial charge on any atom is 0.229 e. The summed E-state index contributed by atoms with van der Waals surface area (Å²) in [4.78, 5) is 2.98. The van der Waals surface area contributed by atoms with Crippen LogP contribution >= 0.6 is 27.5 Å². The van der Waals surface area contributed by atoms with Crippen molar-refractivity contribution in [3.05, 3.63) is 27.8 Å². The summed E-state index contributed by atoms with van der Waals surface area (Å²) in [6.45, 7) is -0.514. The van der Waals surface area contributed by atoms with Crippen molar-refractivity contribution in [3.8, 4) is 5.75 Å². The maximum absolute atomic E-state index is 10.0. The second-order valence-corrected chi connectivity index (χ2v) is 6.54. The van der Waals surface area contributed by atoms with Crippen LogP contribution in [0.1, 0.15) is 0 Å². The molecule has 23 heavy (non-hydrogen) atoms. The zero-order valence-electron chi connectivity index (χ0n) is 11.7. The van der Waals surface area contributed by atoms with E-state index in [0.29, 0.717) is 20.6 Å². The Balaban J connectivity index is 1.88. The number of ether oxygens (including phenoxy) is 2. The molecule has 1 saturated heterocycles. The smallest absolute Gasteiger partial charge is 0.229 e. The number of hydrogen-bond acceptors (Lipinski definition) is 6. The van der Waals surface area contributed by atoms with Gasteiger partial charge in [-0.2, -0.15) is 0 Å². The van der Waals surface area contributed by atoms with Crippen molar-refractivity contribution in [2.24, 2.45) is 0 Å². The molecule has 0 saturated carbocycles. The Morgan fingerprint density at radius 2 is 1.96 bits per heavy atom. The fourth-order valence-corrected chi connectivity index (χ4v) is 2.99.